The van der Waals surface area contributed by atoms with Crippen LogP contribution in [0.2, 0.25) is 0 Å². The van der Waals surface area contributed by atoms with Crippen molar-refractivity contribution in [2.24, 2.45) is 5.92 Å². The number of carbonyl (C=O) groups is 1. The number of carbonyl (C=O) groups excluding carboxylic acids is 1. The van der Waals surface area contributed by atoms with E-state index in [1.165, 1.54) is 17.8 Å². The van der Waals surface area contributed by atoms with Gasteiger partial charge in [-0.3, -0.25) is 4.79 Å². The highest BCUT2D eigenvalue weighted by Crippen LogP contribution is 2.29. The van der Waals surface area contributed by atoms with Crippen LogP contribution in [0.3, 0.4) is 0 Å². The van der Waals surface area contributed by atoms with Gasteiger partial charge in [0.05, 0.1) is 12.1 Å². The first-order valence-corrected chi connectivity index (χ1v) is 10.1. The molecule has 25 heavy (non-hydrogen) atoms. The first-order valence-electron chi connectivity index (χ1n) is 8.81. The third-order valence-electron chi connectivity index (χ3n) is 5.16. The Bertz CT molecular complexity index is 464. The van der Waals surface area contributed by atoms with Gasteiger partial charge >= 0.3 is 0 Å². The molecule has 0 aromatic carbocycles. The van der Waals surface area contributed by atoms with Crippen LogP contribution in [0, 0.1) is 5.92 Å². The van der Waals surface area contributed by atoms with Crippen molar-refractivity contribution in [2.45, 2.75) is 68.1 Å². The molecule has 0 aromatic rings. The third kappa shape index (κ3) is 4.75. The molecule has 1 amide bonds. The average Bonchev–Trinajstić information content (AvgIpc) is 2.64. The number of piperidine rings is 1. The summed E-state index contributed by atoms with van der Waals surface area (Å²) in [6.45, 7) is 6.64. The highest BCUT2D eigenvalue weighted by molar-refractivity contribution is 7.99. The number of thioether (sulfide) groups is 1. The van der Waals surface area contributed by atoms with Crippen LogP contribution >= 0.6 is 11.8 Å². The highest BCUT2D eigenvalue weighted by Gasteiger charge is 2.46. The van der Waals surface area contributed by atoms with Crippen molar-refractivity contribution in [3.63, 3.8) is 0 Å². The van der Waals surface area contributed by atoms with E-state index in [0.29, 0.717) is 5.92 Å². The Kier molecular flexibility index (Phi) is 7.72. The second kappa shape index (κ2) is 9.34. The maximum atomic E-state index is 12.6. The van der Waals surface area contributed by atoms with Gasteiger partial charge in [-0.15, -0.1) is 18.3 Å². The maximum Gasteiger partial charge on any atom is 0.237 e. The number of nitrogens with one attached hydrogen (secondary N) is 2. The van der Waals surface area contributed by atoms with Crippen molar-refractivity contribution in [1.29, 1.82) is 0 Å². The van der Waals surface area contributed by atoms with E-state index in [1.807, 2.05) is 0 Å². The van der Waals surface area contributed by atoms with Crippen LogP contribution < -0.4 is 10.6 Å². The summed E-state index contributed by atoms with van der Waals surface area (Å²) in [5.41, 5.74) is -0.681. The molecular formula is C17H30N2O5S. The molecule has 2 fully saturated rings. The molecule has 0 radical (unpaired) electrons. The number of aliphatic hydroxyl groups excluding tert-OH is 3. The number of hydrogen-bond acceptors (Lipinski definition) is 7. The van der Waals surface area contributed by atoms with Crippen LogP contribution in [0.1, 0.15) is 26.2 Å². The van der Waals surface area contributed by atoms with Gasteiger partial charge in [0, 0.05) is 0 Å². The van der Waals surface area contributed by atoms with Gasteiger partial charge < -0.3 is 30.7 Å². The Balaban J connectivity index is 2.03. The zero-order chi connectivity index (χ0) is 18.6. The summed E-state index contributed by atoms with van der Waals surface area (Å²) in [7, 11) is 0. The fourth-order valence-corrected chi connectivity index (χ4v) is 4.15. The van der Waals surface area contributed by atoms with Crippen LogP contribution in [-0.4, -0.2) is 76.0 Å². The van der Waals surface area contributed by atoms with Crippen molar-refractivity contribution < 1.29 is 24.9 Å². The van der Waals surface area contributed by atoms with Crippen molar-refractivity contribution in [1.82, 2.24) is 10.6 Å². The Labute approximate surface area is 153 Å². The van der Waals surface area contributed by atoms with Crippen molar-refractivity contribution in [3.8, 4) is 0 Å². The molecule has 0 aromatic heterocycles. The van der Waals surface area contributed by atoms with E-state index in [9.17, 15) is 20.1 Å². The molecule has 8 unspecified atom stereocenters. The minimum Gasteiger partial charge on any atom is -0.387 e. The zero-order valence-corrected chi connectivity index (χ0v) is 15.6. The summed E-state index contributed by atoms with van der Waals surface area (Å²) in [5.74, 6) is 0.355. The van der Waals surface area contributed by atoms with Gasteiger partial charge in [0.2, 0.25) is 5.91 Å². The molecule has 2 aliphatic heterocycles. The largest absolute Gasteiger partial charge is 0.387 e. The molecule has 2 aliphatic rings. The summed E-state index contributed by atoms with van der Waals surface area (Å²) >= 11 is 1.24. The Morgan fingerprint density at radius 3 is 2.72 bits per heavy atom. The van der Waals surface area contributed by atoms with Gasteiger partial charge in [-0.1, -0.05) is 19.4 Å². The van der Waals surface area contributed by atoms with Crippen LogP contribution in [-0.2, 0) is 9.53 Å². The summed E-state index contributed by atoms with van der Waals surface area (Å²) in [6, 6.07) is -0.947. The molecule has 144 valence electrons. The van der Waals surface area contributed by atoms with E-state index in [0.717, 1.165) is 25.8 Å². The van der Waals surface area contributed by atoms with Crippen molar-refractivity contribution >= 4 is 17.7 Å². The number of ether oxygens (including phenoxy) is 1. The van der Waals surface area contributed by atoms with E-state index >= 15 is 0 Å². The van der Waals surface area contributed by atoms with E-state index < -0.39 is 35.9 Å². The molecule has 5 N–H and O–H groups in total. The monoisotopic (exact) mass is 374 g/mol. The molecule has 0 bridgehead atoms. The lowest BCUT2D eigenvalue weighted by molar-refractivity contribution is -0.201. The highest BCUT2D eigenvalue weighted by atomic mass is 32.2. The van der Waals surface area contributed by atoms with Gasteiger partial charge in [0.1, 0.15) is 29.9 Å². The molecule has 2 rings (SSSR count). The topological polar surface area (TPSA) is 111 Å². The predicted molar refractivity (Wildman–Crippen MR) is 97.1 cm³/mol. The molecular weight excluding hydrogens is 344 g/mol. The molecule has 8 heteroatoms. The first kappa shape index (κ1) is 20.7. The number of rotatable bonds is 6. The molecule has 0 saturated carbocycles. The lowest BCUT2D eigenvalue weighted by Gasteiger charge is -2.42. The molecule has 0 spiro atoms. The number of hydrogen-bond donors (Lipinski definition) is 5. The van der Waals surface area contributed by atoms with E-state index in [2.05, 4.69) is 24.1 Å². The predicted octanol–water partition coefficient (Wildman–Crippen LogP) is -0.394. The number of aliphatic hydroxyl groups is 3. The zero-order valence-electron chi connectivity index (χ0n) is 14.8. The lowest BCUT2D eigenvalue weighted by Crippen LogP contribution is -2.63. The molecule has 2 saturated heterocycles. The third-order valence-corrected chi connectivity index (χ3v) is 6.02. The summed E-state index contributed by atoms with van der Waals surface area (Å²) < 4.78 is 5.71. The molecule has 2 heterocycles. The van der Waals surface area contributed by atoms with Gasteiger partial charge in [-0.2, -0.15) is 0 Å². The minimum absolute atomic E-state index is 0.167. The van der Waals surface area contributed by atoms with E-state index in [1.54, 1.807) is 6.26 Å². The SMILES string of the molecule is C=CC(NC(=O)C1CC(CC)CCN1)C1OC(SC)C(O)C(O)C1O. The molecule has 0 aliphatic carbocycles. The Morgan fingerprint density at radius 1 is 1.40 bits per heavy atom. The normalized spacial score (nSPS) is 40.3. The van der Waals surface area contributed by atoms with Crippen LogP contribution in [0.4, 0.5) is 0 Å². The van der Waals surface area contributed by atoms with Crippen LogP contribution in [0.25, 0.3) is 0 Å². The summed E-state index contributed by atoms with van der Waals surface area (Å²) in [4.78, 5) is 12.6. The van der Waals surface area contributed by atoms with Gasteiger partial charge in [0.25, 0.3) is 0 Å². The quantitative estimate of drug-likeness (QED) is 0.403. The fourth-order valence-electron chi connectivity index (χ4n) is 3.47. The number of amides is 1. The fraction of sp³-hybridized carbons (Fsp3) is 0.824. The van der Waals surface area contributed by atoms with Gasteiger partial charge in [-0.25, -0.2) is 0 Å². The maximum absolute atomic E-state index is 12.6. The summed E-state index contributed by atoms with van der Waals surface area (Å²) in [6.07, 6.45) is 1.40. The van der Waals surface area contributed by atoms with E-state index in [-0.39, 0.29) is 11.9 Å². The van der Waals surface area contributed by atoms with Gasteiger partial charge in [-0.05, 0) is 31.6 Å². The van der Waals surface area contributed by atoms with Crippen molar-refractivity contribution in [2.75, 3.05) is 12.8 Å². The smallest absolute Gasteiger partial charge is 0.237 e. The second-order valence-electron chi connectivity index (χ2n) is 6.75. The minimum atomic E-state index is -1.34. The second-order valence-corrected chi connectivity index (χ2v) is 7.69. The van der Waals surface area contributed by atoms with Crippen LogP contribution in [0.5, 0.6) is 0 Å². The Hall–Kier alpha value is -0.640. The summed E-state index contributed by atoms with van der Waals surface area (Å²) in [5, 5.41) is 36.3. The van der Waals surface area contributed by atoms with Gasteiger partial charge in [0.15, 0.2) is 0 Å². The lowest BCUT2D eigenvalue weighted by atomic mass is 9.89. The van der Waals surface area contributed by atoms with Crippen LogP contribution in [0.15, 0.2) is 12.7 Å². The Morgan fingerprint density at radius 2 is 2.12 bits per heavy atom. The standard InChI is InChI=1S/C17H30N2O5S/c1-4-9-6-7-18-11(8-9)16(23)19-10(5-2)15-13(21)12(20)14(22)17(24-15)25-3/h5,9-15,17-18,20-22H,2,4,6-8H2,1,3H3,(H,19,23). The molecule has 7 nitrogen and oxygen atoms in total. The van der Waals surface area contributed by atoms with Crippen molar-refractivity contribution in [3.05, 3.63) is 12.7 Å². The first-order chi connectivity index (χ1) is 11.9. The molecule has 8 atom stereocenters. The average molecular weight is 375 g/mol. The van der Waals surface area contributed by atoms with E-state index in [4.69, 9.17) is 4.74 Å².